The molecule has 6 heteroatoms. The maximum absolute atomic E-state index is 13.2. The summed E-state index contributed by atoms with van der Waals surface area (Å²) in [5, 5.41) is 5.48. The summed E-state index contributed by atoms with van der Waals surface area (Å²) < 4.78 is 18.7. The molecule has 1 atom stereocenters. The number of carbonyl (C=O) groups excluding carboxylic acids is 2. The molecule has 2 aromatic carbocycles. The molecule has 1 aliphatic heterocycles. The van der Waals surface area contributed by atoms with Gasteiger partial charge in [-0.2, -0.15) is 0 Å². The van der Waals surface area contributed by atoms with E-state index in [1.807, 2.05) is 30.3 Å². The molecular formula is C19H19FN2O3. The quantitative estimate of drug-likeness (QED) is 0.784. The molecule has 2 N–H and O–H groups in total. The van der Waals surface area contributed by atoms with Gasteiger partial charge in [0.05, 0.1) is 6.42 Å². The van der Waals surface area contributed by atoms with E-state index in [0.29, 0.717) is 37.2 Å². The van der Waals surface area contributed by atoms with Crippen molar-refractivity contribution in [2.24, 2.45) is 0 Å². The number of amides is 2. The summed E-state index contributed by atoms with van der Waals surface area (Å²) in [5.41, 5.74) is 1.63. The summed E-state index contributed by atoms with van der Waals surface area (Å²) in [6.07, 6.45) is -0.00226. The molecule has 0 fully saturated rings. The summed E-state index contributed by atoms with van der Waals surface area (Å²) in [6, 6.07) is 13.7. The standard InChI is InChI=1S/C19H19FN2O3/c20-15-6-7-16-14(11-15)12-17(25-16)19(24)22-9-8-21-18(23)10-13-4-2-1-3-5-13/h1-7,11,17H,8-10,12H2,(H,21,23)(H,22,24)/t17-/m1/s1. The Hall–Kier alpha value is -2.89. The zero-order valence-corrected chi connectivity index (χ0v) is 13.6. The minimum absolute atomic E-state index is 0.0968. The Labute approximate surface area is 145 Å². The van der Waals surface area contributed by atoms with E-state index in [0.717, 1.165) is 5.56 Å². The van der Waals surface area contributed by atoms with E-state index in [-0.39, 0.29) is 17.6 Å². The summed E-state index contributed by atoms with van der Waals surface area (Å²) >= 11 is 0. The van der Waals surface area contributed by atoms with Crippen molar-refractivity contribution in [3.8, 4) is 5.75 Å². The Morgan fingerprint density at radius 1 is 1.08 bits per heavy atom. The highest BCUT2D eigenvalue weighted by Gasteiger charge is 2.29. The molecule has 0 saturated heterocycles. The molecule has 25 heavy (non-hydrogen) atoms. The van der Waals surface area contributed by atoms with Crippen LogP contribution in [-0.2, 0) is 22.4 Å². The Morgan fingerprint density at radius 3 is 2.64 bits per heavy atom. The molecular weight excluding hydrogens is 323 g/mol. The van der Waals surface area contributed by atoms with Gasteiger partial charge in [0.25, 0.3) is 5.91 Å². The zero-order chi connectivity index (χ0) is 17.6. The third-order valence-corrected chi connectivity index (χ3v) is 3.94. The molecule has 2 aromatic rings. The molecule has 0 spiro atoms. The van der Waals surface area contributed by atoms with Crippen LogP contribution in [0.4, 0.5) is 4.39 Å². The van der Waals surface area contributed by atoms with Gasteiger partial charge in [0.2, 0.25) is 5.91 Å². The van der Waals surface area contributed by atoms with E-state index >= 15 is 0 Å². The summed E-state index contributed by atoms with van der Waals surface area (Å²) in [6.45, 7) is 0.648. The monoisotopic (exact) mass is 342 g/mol. The average Bonchev–Trinajstić information content (AvgIpc) is 3.02. The van der Waals surface area contributed by atoms with Crippen LogP contribution in [0.3, 0.4) is 0 Å². The molecule has 0 bridgehead atoms. The van der Waals surface area contributed by atoms with E-state index in [1.54, 1.807) is 0 Å². The van der Waals surface area contributed by atoms with Crippen LogP contribution in [0.15, 0.2) is 48.5 Å². The van der Waals surface area contributed by atoms with Crippen LogP contribution in [0.1, 0.15) is 11.1 Å². The fourth-order valence-electron chi connectivity index (χ4n) is 2.71. The second-order valence-electron chi connectivity index (χ2n) is 5.87. The first-order valence-corrected chi connectivity index (χ1v) is 8.15. The predicted molar refractivity (Wildman–Crippen MR) is 90.7 cm³/mol. The molecule has 0 aromatic heterocycles. The second kappa shape index (κ2) is 7.79. The summed E-state index contributed by atoms with van der Waals surface area (Å²) in [4.78, 5) is 23.9. The van der Waals surface area contributed by atoms with E-state index in [1.165, 1.54) is 18.2 Å². The number of fused-ring (bicyclic) bond motifs is 1. The van der Waals surface area contributed by atoms with Gasteiger partial charge in [0.15, 0.2) is 6.10 Å². The number of nitrogens with one attached hydrogen (secondary N) is 2. The topological polar surface area (TPSA) is 67.4 Å². The molecule has 0 aliphatic carbocycles. The Kier molecular flexibility index (Phi) is 5.28. The number of carbonyl (C=O) groups is 2. The van der Waals surface area contributed by atoms with Gasteiger partial charge < -0.3 is 15.4 Å². The van der Waals surface area contributed by atoms with Gasteiger partial charge >= 0.3 is 0 Å². The largest absolute Gasteiger partial charge is 0.480 e. The van der Waals surface area contributed by atoms with Gasteiger partial charge in [0.1, 0.15) is 11.6 Å². The molecule has 0 radical (unpaired) electrons. The van der Waals surface area contributed by atoms with Gasteiger partial charge in [-0.1, -0.05) is 30.3 Å². The lowest BCUT2D eigenvalue weighted by Gasteiger charge is -2.11. The SMILES string of the molecule is O=C(Cc1ccccc1)NCCNC(=O)[C@H]1Cc2cc(F)ccc2O1. The first kappa shape index (κ1) is 17.0. The van der Waals surface area contributed by atoms with Crippen LogP contribution in [0.2, 0.25) is 0 Å². The third kappa shape index (κ3) is 4.56. The Morgan fingerprint density at radius 2 is 1.84 bits per heavy atom. The minimum Gasteiger partial charge on any atom is -0.480 e. The first-order chi connectivity index (χ1) is 12.1. The summed E-state index contributed by atoms with van der Waals surface area (Å²) in [7, 11) is 0. The average molecular weight is 342 g/mol. The number of ether oxygens (including phenoxy) is 1. The maximum atomic E-state index is 13.2. The lowest BCUT2D eigenvalue weighted by Crippen LogP contribution is -2.41. The van der Waals surface area contributed by atoms with E-state index in [4.69, 9.17) is 4.74 Å². The van der Waals surface area contributed by atoms with Crippen molar-refractivity contribution in [3.63, 3.8) is 0 Å². The lowest BCUT2D eigenvalue weighted by atomic mass is 10.1. The highest BCUT2D eigenvalue weighted by molar-refractivity contribution is 5.82. The van der Waals surface area contributed by atoms with Crippen molar-refractivity contribution < 1.29 is 18.7 Å². The number of rotatable bonds is 6. The third-order valence-electron chi connectivity index (χ3n) is 3.94. The Bertz CT molecular complexity index is 765. The minimum atomic E-state index is -0.656. The van der Waals surface area contributed by atoms with Crippen molar-refractivity contribution in [3.05, 3.63) is 65.5 Å². The van der Waals surface area contributed by atoms with Crippen LogP contribution in [0.5, 0.6) is 5.75 Å². The van der Waals surface area contributed by atoms with Crippen molar-refractivity contribution >= 4 is 11.8 Å². The maximum Gasteiger partial charge on any atom is 0.261 e. The lowest BCUT2D eigenvalue weighted by molar-refractivity contribution is -0.127. The molecule has 1 aliphatic rings. The van der Waals surface area contributed by atoms with E-state index in [9.17, 15) is 14.0 Å². The Balaban J connectivity index is 1.37. The number of benzene rings is 2. The number of hydrogen-bond donors (Lipinski definition) is 2. The van der Waals surface area contributed by atoms with Crippen molar-refractivity contribution in [1.82, 2.24) is 10.6 Å². The molecule has 0 saturated carbocycles. The first-order valence-electron chi connectivity index (χ1n) is 8.15. The van der Waals surface area contributed by atoms with Gasteiger partial charge in [0, 0.05) is 25.1 Å². The normalized spacial score (nSPS) is 15.2. The van der Waals surface area contributed by atoms with Gasteiger partial charge in [-0.3, -0.25) is 9.59 Å². The number of halogens is 1. The van der Waals surface area contributed by atoms with Crippen molar-refractivity contribution in [2.45, 2.75) is 18.9 Å². The smallest absolute Gasteiger partial charge is 0.261 e. The van der Waals surface area contributed by atoms with Crippen LogP contribution in [0.25, 0.3) is 0 Å². The van der Waals surface area contributed by atoms with Gasteiger partial charge in [-0.05, 0) is 23.8 Å². The fraction of sp³-hybridized carbons (Fsp3) is 0.263. The molecule has 1 heterocycles. The van der Waals surface area contributed by atoms with Crippen LogP contribution in [-0.4, -0.2) is 31.0 Å². The fourth-order valence-corrected chi connectivity index (χ4v) is 2.71. The van der Waals surface area contributed by atoms with Gasteiger partial charge in [-0.15, -0.1) is 0 Å². The van der Waals surface area contributed by atoms with Crippen LogP contribution < -0.4 is 15.4 Å². The highest BCUT2D eigenvalue weighted by Crippen LogP contribution is 2.29. The van der Waals surface area contributed by atoms with Crippen LogP contribution >= 0.6 is 0 Å². The van der Waals surface area contributed by atoms with Crippen LogP contribution in [0, 0.1) is 5.82 Å². The zero-order valence-electron chi connectivity index (χ0n) is 13.6. The number of hydrogen-bond acceptors (Lipinski definition) is 3. The van der Waals surface area contributed by atoms with Crippen molar-refractivity contribution in [1.29, 1.82) is 0 Å². The highest BCUT2D eigenvalue weighted by atomic mass is 19.1. The predicted octanol–water partition coefficient (Wildman–Crippen LogP) is 1.60. The van der Waals surface area contributed by atoms with Gasteiger partial charge in [-0.25, -0.2) is 4.39 Å². The molecule has 0 unspecified atom stereocenters. The molecule has 2 amide bonds. The molecule has 5 nitrogen and oxygen atoms in total. The van der Waals surface area contributed by atoms with E-state index < -0.39 is 6.10 Å². The molecule has 3 rings (SSSR count). The van der Waals surface area contributed by atoms with E-state index in [2.05, 4.69) is 10.6 Å². The van der Waals surface area contributed by atoms with Crippen molar-refractivity contribution in [2.75, 3.05) is 13.1 Å². The summed E-state index contributed by atoms with van der Waals surface area (Å²) in [5.74, 6) is -0.170. The molecule has 130 valence electrons. The second-order valence-corrected chi connectivity index (χ2v) is 5.87.